The van der Waals surface area contributed by atoms with E-state index in [4.69, 9.17) is 0 Å². The molecule has 2 aromatic rings. The second-order valence-electron chi connectivity index (χ2n) is 7.17. The van der Waals surface area contributed by atoms with Gasteiger partial charge in [-0.1, -0.05) is 0 Å². The van der Waals surface area contributed by atoms with Crippen LogP contribution in [0.3, 0.4) is 0 Å². The van der Waals surface area contributed by atoms with Gasteiger partial charge in [0.2, 0.25) is 15.9 Å². The molecule has 2 bridgehead atoms. The van der Waals surface area contributed by atoms with Gasteiger partial charge in [0.15, 0.2) is 0 Å². The minimum Gasteiger partial charge on any atom is -0.341 e. The van der Waals surface area contributed by atoms with E-state index in [1.165, 1.54) is 15.6 Å². The van der Waals surface area contributed by atoms with Crippen molar-refractivity contribution in [3.63, 3.8) is 0 Å². The van der Waals surface area contributed by atoms with Crippen molar-refractivity contribution < 1.29 is 13.2 Å². The van der Waals surface area contributed by atoms with Crippen molar-refractivity contribution in [2.45, 2.75) is 37.6 Å². The summed E-state index contributed by atoms with van der Waals surface area (Å²) in [4.78, 5) is 16.0. The van der Waals surface area contributed by atoms with E-state index < -0.39 is 10.0 Å². The third-order valence-electron chi connectivity index (χ3n) is 5.38. The zero-order chi connectivity index (χ0) is 18.6. The molecule has 26 heavy (non-hydrogen) atoms. The molecule has 3 fully saturated rings. The van der Waals surface area contributed by atoms with E-state index in [0.29, 0.717) is 11.4 Å². The van der Waals surface area contributed by atoms with Crippen LogP contribution in [0.25, 0.3) is 10.6 Å². The molecule has 3 aliphatic heterocycles. The van der Waals surface area contributed by atoms with E-state index in [1.807, 2.05) is 19.9 Å². The number of H-pyrrole nitrogens is 1. The highest BCUT2D eigenvalue weighted by molar-refractivity contribution is 7.89. The molecule has 0 spiro atoms. The molecule has 0 unspecified atom stereocenters. The molecule has 1 amide bonds. The average Bonchev–Trinajstić information content (AvgIpc) is 3.08. The number of hydrogen-bond acceptors (Lipinski definition) is 5. The van der Waals surface area contributed by atoms with Crippen LogP contribution in [-0.4, -0.2) is 59.9 Å². The standard InChI is InChI=1S/C17H22N4O3S2/c1-10-6-14(19-18-10)15-7-16(11(2)25-15)26(23,24)21-8-12-4-5-13(9-21)20(3)17(12)22/h6-7,12-13H,4-5,8-9H2,1-3H3,(H,18,19)/t12-,13+/m1/s1. The molecule has 7 nitrogen and oxygen atoms in total. The molecule has 5 rings (SSSR count). The molecular weight excluding hydrogens is 372 g/mol. The number of thiophene rings is 1. The summed E-state index contributed by atoms with van der Waals surface area (Å²) in [5.41, 5.74) is 1.68. The largest absolute Gasteiger partial charge is 0.341 e. The molecule has 0 aliphatic carbocycles. The Kier molecular flexibility index (Phi) is 4.20. The Hall–Kier alpha value is -1.71. The van der Waals surface area contributed by atoms with Crippen LogP contribution in [0, 0.1) is 19.8 Å². The molecule has 5 heterocycles. The molecule has 9 heteroatoms. The van der Waals surface area contributed by atoms with Gasteiger partial charge in [0.05, 0.1) is 15.7 Å². The van der Waals surface area contributed by atoms with E-state index in [2.05, 4.69) is 10.2 Å². The fourth-order valence-electron chi connectivity index (χ4n) is 3.84. The van der Waals surface area contributed by atoms with Crippen molar-refractivity contribution in [2.24, 2.45) is 5.92 Å². The number of amides is 1. The first-order valence-electron chi connectivity index (χ1n) is 8.67. The number of carbonyl (C=O) groups is 1. The fraction of sp³-hybridized carbons (Fsp3) is 0.529. The van der Waals surface area contributed by atoms with Crippen molar-refractivity contribution in [3.8, 4) is 10.6 Å². The Balaban J connectivity index is 1.69. The number of carbonyl (C=O) groups excluding carboxylic acids is 1. The maximum atomic E-state index is 13.3. The number of sulfonamides is 1. The topological polar surface area (TPSA) is 86.4 Å². The van der Waals surface area contributed by atoms with Crippen LogP contribution in [0.4, 0.5) is 0 Å². The molecule has 1 N–H and O–H groups in total. The quantitative estimate of drug-likeness (QED) is 0.863. The van der Waals surface area contributed by atoms with Crippen molar-refractivity contribution in [2.75, 3.05) is 20.1 Å². The summed E-state index contributed by atoms with van der Waals surface area (Å²) in [7, 11) is -1.86. The summed E-state index contributed by atoms with van der Waals surface area (Å²) in [5, 5.41) is 7.12. The first kappa shape index (κ1) is 17.7. The van der Waals surface area contributed by atoms with E-state index >= 15 is 0 Å². The first-order chi connectivity index (χ1) is 12.3. The Morgan fingerprint density at radius 2 is 2.00 bits per heavy atom. The maximum absolute atomic E-state index is 13.3. The lowest BCUT2D eigenvalue weighted by molar-refractivity contribution is -0.138. The summed E-state index contributed by atoms with van der Waals surface area (Å²) in [6.07, 6.45) is 1.62. The first-order valence-corrected chi connectivity index (χ1v) is 10.9. The summed E-state index contributed by atoms with van der Waals surface area (Å²) < 4.78 is 28.1. The average molecular weight is 395 g/mol. The van der Waals surface area contributed by atoms with Gasteiger partial charge in [-0.15, -0.1) is 11.3 Å². The summed E-state index contributed by atoms with van der Waals surface area (Å²) in [5.74, 6) is -0.172. The number of aromatic nitrogens is 2. The second-order valence-corrected chi connectivity index (χ2v) is 10.3. The van der Waals surface area contributed by atoms with Crippen LogP contribution in [-0.2, 0) is 14.8 Å². The zero-order valence-corrected chi connectivity index (χ0v) is 16.7. The summed E-state index contributed by atoms with van der Waals surface area (Å²) >= 11 is 1.43. The van der Waals surface area contributed by atoms with E-state index in [0.717, 1.165) is 34.0 Å². The van der Waals surface area contributed by atoms with Crippen LogP contribution < -0.4 is 0 Å². The Bertz CT molecular complexity index is 963. The zero-order valence-electron chi connectivity index (χ0n) is 15.0. The Morgan fingerprint density at radius 1 is 1.23 bits per heavy atom. The lowest BCUT2D eigenvalue weighted by Gasteiger charge is -2.32. The normalized spacial score (nSPS) is 24.3. The molecular formula is C17H22N4O3S2. The number of piperidine rings is 1. The highest BCUT2D eigenvalue weighted by Crippen LogP contribution is 2.36. The lowest BCUT2D eigenvalue weighted by Crippen LogP contribution is -2.45. The Labute approximate surface area is 157 Å². The van der Waals surface area contributed by atoms with Crippen LogP contribution >= 0.6 is 11.3 Å². The van der Waals surface area contributed by atoms with E-state index in [1.54, 1.807) is 18.0 Å². The number of aryl methyl sites for hydroxylation is 2. The van der Waals surface area contributed by atoms with Crippen molar-refractivity contribution in [1.82, 2.24) is 19.4 Å². The maximum Gasteiger partial charge on any atom is 0.244 e. The van der Waals surface area contributed by atoms with Gasteiger partial charge in [-0.05, 0) is 38.8 Å². The highest BCUT2D eigenvalue weighted by Gasteiger charge is 2.43. The molecule has 0 radical (unpaired) electrons. The van der Waals surface area contributed by atoms with Gasteiger partial charge >= 0.3 is 0 Å². The van der Waals surface area contributed by atoms with Crippen molar-refractivity contribution in [1.29, 1.82) is 0 Å². The number of nitrogens with one attached hydrogen (secondary N) is 1. The minimum absolute atomic E-state index is 0.0385. The van der Waals surface area contributed by atoms with Crippen LogP contribution in [0.5, 0.6) is 0 Å². The van der Waals surface area contributed by atoms with E-state index in [-0.39, 0.29) is 24.4 Å². The predicted octanol–water partition coefficient (Wildman–Crippen LogP) is 2.00. The number of rotatable bonds is 3. The monoisotopic (exact) mass is 394 g/mol. The molecule has 0 saturated carbocycles. The van der Waals surface area contributed by atoms with Gasteiger partial charge in [-0.3, -0.25) is 9.89 Å². The van der Waals surface area contributed by atoms with Crippen molar-refractivity contribution >= 4 is 27.3 Å². The fourth-order valence-corrected chi connectivity index (χ4v) is 6.89. The van der Waals surface area contributed by atoms with Gasteiger partial charge in [0, 0.05) is 36.8 Å². The predicted molar refractivity (Wildman–Crippen MR) is 99.4 cm³/mol. The Morgan fingerprint density at radius 3 is 2.69 bits per heavy atom. The number of fused-ring (bicyclic) bond motifs is 4. The molecule has 140 valence electrons. The number of aromatic amines is 1. The molecule has 0 aromatic carbocycles. The molecule has 2 aromatic heterocycles. The summed E-state index contributed by atoms with van der Waals surface area (Å²) in [6.45, 7) is 4.38. The molecule has 3 aliphatic rings. The van der Waals surface area contributed by atoms with Gasteiger partial charge in [-0.25, -0.2) is 8.42 Å². The third kappa shape index (κ3) is 2.78. The summed E-state index contributed by atoms with van der Waals surface area (Å²) in [6, 6.07) is 3.58. The van der Waals surface area contributed by atoms with Crippen LogP contribution in [0.1, 0.15) is 23.4 Å². The molecule has 3 saturated heterocycles. The van der Waals surface area contributed by atoms with Crippen LogP contribution in [0.2, 0.25) is 0 Å². The number of hydrogen-bond donors (Lipinski definition) is 1. The van der Waals surface area contributed by atoms with Crippen molar-refractivity contribution in [3.05, 3.63) is 22.7 Å². The van der Waals surface area contributed by atoms with Gasteiger partial charge < -0.3 is 4.90 Å². The SMILES string of the molecule is Cc1cc(-c2cc(S(=O)(=O)N3C[C@H]4CC[C@@H](C3)N(C)C4=O)c(C)s2)n[nH]1. The van der Waals surface area contributed by atoms with Gasteiger partial charge in [0.1, 0.15) is 5.69 Å². The van der Waals surface area contributed by atoms with Gasteiger partial charge in [-0.2, -0.15) is 9.40 Å². The smallest absolute Gasteiger partial charge is 0.244 e. The third-order valence-corrected chi connectivity index (χ3v) is 8.54. The second kappa shape index (κ2) is 6.17. The number of likely N-dealkylation sites (N-methyl/N-ethyl adjacent to an activating group) is 1. The van der Waals surface area contributed by atoms with E-state index in [9.17, 15) is 13.2 Å². The van der Waals surface area contributed by atoms with Gasteiger partial charge in [0.25, 0.3) is 0 Å². The lowest BCUT2D eigenvalue weighted by atomic mass is 9.95. The number of nitrogens with zero attached hydrogens (tertiary/aromatic N) is 3. The minimum atomic E-state index is -3.64. The highest BCUT2D eigenvalue weighted by atomic mass is 32.2. The van der Waals surface area contributed by atoms with Crippen LogP contribution in [0.15, 0.2) is 17.0 Å². The molecule has 2 atom stereocenters.